The molecule has 0 amide bonds. The lowest BCUT2D eigenvalue weighted by atomic mass is 9.98. The van der Waals surface area contributed by atoms with Crippen molar-refractivity contribution >= 4 is 11.3 Å². The zero-order valence-electron chi connectivity index (χ0n) is 13.7. The Morgan fingerprint density at radius 1 is 1.41 bits per heavy atom. The molecule has 1 aliphatic rings. The molecule has 120 valence electrons. The third-order valence-electron chi connectivity index (χ3n) is 4.56. The van der Waals surface area contributed by atoms with Crippen LogP contribution in [0.4, 0.5) is 0 Å². The number of fused-ring (bicyclic) bond motifs is 1. The predicted octanol–water partition coefficient (Wildman–Crippen LogP) is 4.51. The Labute approximate surface area is 136 Å². The Morgan fingerprint density at radius 2 is 2.23 bits per heavy atom. The van der Waals surface area contributed by atoms with Gasteiger partial charge in [0.25, 0.3) is 0 Å². The summed E-state index contributed by atoms with van der Waals surface area (Å²) in [7, 11) is 0. The highest BCUT2D eigenvalue weighted by molar-refractivity contribution is 7.11. The van der Waals surface area contributed by atoms with Crippen LogP contribution in [0, 0.1) is 6.92 Å². The Morgan fingerprint density at radius 3 is 3.00 bits per heavy atom. The second kappa shape index (κ2) is 6.92. The highest BCUT2D eigenvalue weighted by Crippen LogP contribution is 2.34. The molecular weight excluding hydrogens is 294 g/mol. The van der Waals surface area contributed by atoms with Crippen molar-refractivity contribution in [3.05, 3.63) is 33.1 Å². The van der Waals surface area contributed by atoms with Crippen molar-refractivity contribution in [1.29, 1.82) is 0 Å². The lowest BCUT2D eigenvalue weighted by molar-refractivity contribution is 0.348. The average molecular weight is 319 g/mol. The third kappa shape index (κ3) is 3.25. The smallest absolute Gasteiger partial charge is 0.150 e. The summed E-state index contributed by atoms with van der Waals surface area (Å²) in [6.45, 7) is 7.25. The van der Waals surface area contributed by atoms with Crippen molar-refractivity contribution < 1.29 is 4.52 Å². The van der Waals surface area contributed by atoms with Gasteiger partial charge in [-0.15, -0.1) is 11.3 Å². The molecular formula is C17H25N3OS. The molecule has 0 fully saturated rings. The van der Waals surface area contributed by atoms with Crippen LogP contribution in [0.5, 0.6) is 0 Å². The fourth-order valence-electron chi connectivity index (χ4n) is 3.27. The Kier molecular flexibility index (Phi) is 4.93. The van der Waals surface area contributed by atoms with Crippen LogP contribution in [0.1, 0.15) is 78.5 Å². The topological polar surface area (TPSA) is 51.0 Å². The molecule has 0 aliphatic heterocycles. The molecule has 0 radical (unpaired) electrons. The van der Waals surface area contributed by atoms with Crippen molar-refractivity contribution in [3.63, 3.8) is 0 Å². The minimum absolute atomic E-state index is 0.414. The van der Waals surface area contributed by atoms with Crippen LogP contribution in [0.2, 0.25) is 0 Å². The van der Waals surface area contributed by atoms with Crippen molar-refractivity contribution in [2.75, 3.05) is 0 Å². The minimum Gasteiger partial charge on any atom is -0.360 e. The van der Waals surface area contributed by atoms with E-state index in [1.165, 1.54) is 28.4 Å². The van der Waals surface area contributed by atoms with E-state index in [9.17, 15) is 0 Å². The van der Waals surface area contributed by atoms with Crippen LogP contribution in [-0.4, -0.2) is 10.1 Å². The van der Waals surface area contributed by atoms with Crippen molar-refractivity contribution in [2.45, 2.75) is 71.4 Å². The van der Waals surface area contributed by atoms with E-state index in [0.29, 0.717) is 12.0 Å². The first-order valence-corrected chi connectivity index (χ1v) is 9.18. The maximum atomic E-state index is 5.51. The SMILES string of the molecule is CCC(CC)c1cc(CNC2CCCc3nc(C)sc32)on1. The van der Waals surface area contributed by atoms with E-state index in [4.69, 9.17) is 4.52 Å². The van der Waals surface area contributed by atoms with Crippen LogP contribution in [0.25, 0.3) is 0 Å². The van der Waals surface area contributed by atoms with E-state index in [-0.39, 0.29) is 0 Å². The number of thiazole rings is 1. The first kappa shape index (κ1) is 15.7. The van der Waals surface area contributed by atoms with E-state index < -0.39 is 0 Å². The van der Waals surface area contributed by atoms with Gasteiger partial charge in [0.05, 0.1) is 22.9 Å². The summed E-state index contributed by atoms with van der Waals surface area (Å²) >= 11 is 1.83. The van der Waals surface area contributed by atoms with Gasteiger partial charge in [-0.1, -0.05) is 19.0 Å². The molecule has 2 heterocycles. The first-order valence-electron chi connectivity index (χ1n) is 8.36. The monoisotopic (exact) mass is 319 g/mol. The normalized spacial score (nSPS) is 17.9. The number of hydrogen-bond donors (Lipinski definition) is 1. The van der Waals surface area contributed by atoms with Crippen LogP contribution in [0.15, 0.2) is 10.6 Å². The summed E-state index contributed by atoms with van der Waals surface area (Å²) in [5.74, 6) is 1.46. The zero-order valence-corrected chi connectivity index (χ0v) is 14.5. The molecule has 4 nitrogen and oxygen atoms in total. The molecule has 1 unspecified atom stereocenters. The van der Waals surface area contributed by atoms with Gasteiger partial charge in [0.15, 0.2) is 5.76 Å². The van der Waals surface area contributed by atoms with Gasteiger partial charge < -0.3 is 9.84 Å². The van der Waals surface area contributed by atoms with Crippen LogP contribution < -0.4 is 5.32 Å². The van der Waals surface area contributed by atoms with E-state index in [1.807, 2.05) is 11.3 Å². The fourth-order valence-corrected chi connectivity index (χ4v) is 4.36. The summed E-state index contributed by atoms with van der Waals surface area (Å²) in [5, 5.41) is 9.05. The molecule has 1 aliphatic carbocycles. The summed E-state index contributed by atoms with van der Waals surface area (Å²) in [5.41, 5.74) is 2.39. The van der Waals surface area contributed by atoms with Crippen LogP contribution in [-0.2, 0) is 13.0 Å². The van der Waals surface area contributed by atoms with Gasteiger partial charge >= 0.3 is 0 Å². The number of nitrogens with zero attached hydrogens (tertiary/aromatic N) is 2. The molecule has 0 bridgehead atoms. The second-order valence-electron chi connectivity index (χ2n) is 6.10. The Balaban J connectivity index is 1.64. The molecule has 0 aromatic carbocycles. The maximum Gasteiger partial charge on any atom is 0.150 e. The van der Waals surface area contributed by atoms with Gasteiger partial charge in [-0.25, -0.2) is 4.98 Å². The first-order chi connectivity index (χ1) is 10.7. The Bertz CT molecular complexity index is 615. The molecule has 2 aromatic heterocycles. The van der Waals surface area contributed by atoms with E-state index in [0.717, 1.165) is 37.3 Å². The predicted molar refractivity (Wildman–Crippen MR) is 89.2 cm³/mol. The molecule has 0 saturated carbocycles. The number of aryl methyl sites for hydroxylation is 2. The molecule has 0 spiro atoms. The molecule has 1 N–H and O–H groups in total. The zero-order chi connectivity index (χ0) is 15.5. The molecule has 22 heavy (non-hydrogen) atoms. The number of nitrogens with one attached hydrogen (secondary N) is 1. The van der Waals surface area contributed by atoms with Crippen LogP contribution in [0.3, 0.4) is 0 Å². The van der Waals surface area contributed by atoms with Crippen molar-refractivity contribution in [1.82, 2.24) is 15.5 Å². The van der Waals surface area contributed by atoms with Crippen molar-refractivity contribution in [2.24, 2.45) is 0 Å². The highest BCUT2D eigenvalue weighted by atomic mass is 32.1. The molecule has 2 aromatic rings. The Hall–Kier alpha value is -1.20. The fraction of sp³-hybridized carbons (Fsp3) is 0.647. The maximum absolute atomic E-state index is 5.51. The molecule has 1 atom stereocenters. The van der Waals surface area contributed by atoms with E-state index in [1.54, 1.807) is 0 Å². The van der Waals surface area contributed by atoms with E-state index >= 15 is 0 Å². The number of aromatic nitrogens is 2. The third-order valence-corrected chi connectivity index (χ3v) is 5.69. The largest absolute Gasteiger partial charge is 0.360 e. The van der Waals surface area contributed by atoms with Crippen LogP contribution >= 0.6 is 11.3 Å². The lowest BCUT2D eigenvalue weighted by Gasteiger charge is -2.21. The summed E-state index contributed by atoms with van der Waals surface area (Å²) in [4.78, 5) is 6.07. The minimum atomic E-state index is 0.414. The van der Waals surface area contributed by atoms with Gasteiger partial charge in [0.2, 0.25) is 0 Å². The molecule has 0 saturated heterocycles. The lowest BCUT2D eigenvalue weighted by Crippen LogP contribution is -2.23. The highest BCUT2D eigenvalue weighted by Gasteiger charge is 2.24. The average Bonchev–Trinajstić information content (AvgIpc) is 3.12. The number of rotatable bonds is 6. The quantitative estimate of drug-likeness (QED) is 0.851. The summed E-state index contributed by atoms with van der Waals surface area (Å²) in [6, 6.07) is 2.53. The van der Waals surface area contributed by atoms with Gasteiger partial charge in [-0.05, 0) is 39.0 Å². The number of hydrogen-bond acceptors (Lipinski definition) is 5. The summed E-state index contributed by atoms with van der Waals surface area (Å²) in [6.07, 6.45) is 5.74. The molecule has 3 rings (SSSR count). The van der Waals surface area contributed by atoms with Gasteiger partial charge in [-0.2, -0.15) is 0 Å². The van der Waals surface area contributed by atoms with Gasteiger partial charge in [0, 0.05) is 22.9 Å². The van der Waals surface area contributed by atoms with E-state index in [2.05, 4.69) is 42.3 Å². The van der Waals surface area contributed by atoms with Gasteiger partial charge in [0.1, 0.15) is 0 Å². The van der Waals surface area contributed by atoms with Crippen molar-refractivity contribution in [3.8, 4) is 0 Å². The standard InChI is InChI=1S/C17H25N3OS/c1-4-12(5-2)16-9-13(21-20-16)10-18-14-7-6-8-15-17(14)22-11(3)19-15/h9,12,14,18H,4-8,10H2,1-3H3. The summed E-state index contributed by atoms with van der Waals surface area (Å²) < 4.78 is 5.51. The molecule has 5 heteroatoms. The van der Waals surface area contributed by atoms with Gasteiger partial charge in [-0.3, -0.25) is 0 Å². The second-order valence-corrected chi connectivity index (χ2v) is 7.34.